The zero-order valence-electron chi connectivity index (χ0n) is 14.9. The van der Waals surface area contributed by atoms with Gasteiger partial charge in [0.15, 0.2) is 0 Å². The molecule has 1 aromatic carbocycles. The number of hydrogen-bond donors (Lipinski definition) is 3. The van der Waals surface area contributed by atoms with Crippen LogP contribution in [0.1, 0.15) is 36.8 Å². The van der Waals surface area contributed by atoms with Crippen molar-refractivity contribution < 1.29 is 24.3 Å². The predicted molar refractivity (Wildman–Crippen MR) is 94.3 cm³/mol. The molecule has 0 unspecified atom stereocenters. The first kappa shape index (κ1) is 19.5. The van der Waals surface area contributed by atoms with Gasteiger partial charge in [0.05, 0.1) is 7.11 Å². The van der Waals surface area contributed by atoms with E-state index in [0.29, 0.717) is 30.6 Å². The highest BCUT2D eigenvalue weighted by atomic mass is 16.5. The van der Waals surface area contributed by atoms with E-state index in [1.165, 1.54) is 0 Å². The maximum absolute atomic E-state index is 12.4. The fourth-order valence-electron chi connectivity index (χ4n) is 2.66. The molecule has 1 heterocycles. The maximum atomic E-state index is 12.4. The molecule has 1 aliphatic rings. The van der Waals surface area contributed by atoms with Crippen molar-refractivity contribution in [2.24, 2.45) is 0 Å². The van der Waals surface area contributed by atoms with Gasteiger partial charge in [0, 0.05) is 18.5 Å². The van der Waals surface area contributed by atoms with Crippen molar-refractivity contribution in [1.29, 1.82) is 0 Å². The Morgan fingerprint density at radius 3 is 2.77 bits per heavy atom. The molecule has 0 bridgehead atoms. The molecule has 8 nitrogen and oxygen atoms in total. The highest BCUT2D eigenvalue weighted by Gasteiger charge is 2.33. The predicted octanol–water partition coefficient (Wildman–Crippen LogP) is 1.96. The number of benzene rings is 1. The van der Waals surface area contributed by atoms with E-state index >= 15 is 0 Å². The van der Waals surface area contributed by atoms with Gasteiger partial charge in [0.2, 0.25) is 5.91 Å². The third-order valence-electron chi connectivity index (χ3n) is 4.06. The van der Waals surface area contributed by atoms with Crippen molar-refractivity contribution in [2.75, 3.05) is 13.7 Å². The van der Waals surface area contributed by atoms with Crippen LogP contribution in [-0.2, 0) is 9.59 Å². The van der Waals surface area contributed by atoms with E-state index in [0.717, 1.165) is 10.5 Å². The van der Waals surface area contributed by atoms with Crippen molar-refractivity contribution in [2.45, 2.75) is 32.6 Å². The van der Waals surface area contributed by atoms with Crippen LogP contribution in [0.5, 0.6) is 5.75 Å². The molecule has 0 radical (unpaired) electrons. The maximum Gasteiger partial charge on any atom is 0.329 e. The van der Waals surface area contributed by atoms with Gasteiger partial charge in [-0.25, -0.2) is 10.3 Å². The number of unbranched alkanes of at least 4 members (excludes halogenated alkanes) is 2. The standard InChI is InChI=1S/C18H23N3O5/c1-12-7-8-13(15(10-12)26-2)11-14-17(23)21(18(24)19-14)9-5-3-4-6-16(22)20-25/h7-8,10-11,25H,3-6,9H2,1-2H3,(H,19,24)(H,20,22)/b14-11-. The monoisotopic (exact) mass is 361 g/mol. The van der Waals surface area contributed by atoms with Gasteiger partial charge >= 0.3 is 6.03 Å². The molecule has 2 rings (SSSR count). The minimum absolute atomic E-state index is 0.203. The van der Waals surface area contributed by atoms with Crippen LogP contribution in [0.2, 0.25) is 0 Å². The summed E-state index contributed by atoms with van der Waals surface area (Å²) in [6.07, 6.45) is 3.62. The van der Waals surface area contributed by atoms with Gasteiger partial charge in [0.1, 0.15) is 11.4 Å². The summed E-state index contributed by atoms with van der Waals surface area (Å²) in [5.74, 6) is -0.205. The number of hydrogen-bond acceptors (Lipinski definition) is 5. The fourth-order valence-corrected chi connectivity index (χ4v) is 2.66. The summed E-state index contributed by atoms with van der Waals surface area (Å²) in [7, 11) is 1.55. The second-order valence-corrected chi connectivity index (χ2v) is 6.04. The molecule has 0 atom stereocenters. The largest absolute Gasteiger partial charge is 0.496 e. The summed E-state index contributed by atoms with van der Waals surface area (Å²) in [5.41, 5.74) is 3.51. The SMILES string of the molecule is COc1cc(C)ccc1/C=C1\NC(=O)N(CCCCCC(=O)NO)C1=O. The van der Waals surface area contributed by atoms with Crippen LogP contribution in [0, 0.1) is 6.92 Å². The molecular weight excluding hydrogens is 338 g/mol. The number of urea groups is 1. The zero-order valence-corrected chi connectivity index (χ0v) is 14.9. The zero-order chi connectivity index (χ0) is 19.1. The van der Waals surface area contributed by atoms with E-state index in [1.807, 2.05) is 25.1 Å². The average molecular weight is 361 g/mol. The molecule has 1 aliphatic heterocycles. The van der Waals surface area contributed by atoms with Gasteiger partial charge in [-0.05, 0) is 37.5 Å². The Bertz CT molecular complexity index is 730. The van der Waals surface area contributed by atoms with Crippen LogP contribution in [0.15, 0.2) is 23.9 Å². The Balaban J connectivity index is 1.97. The van der Waals surface area contributed by atoms with Gasteiger partial charge in [-0.2, -0.15) is 0 Å². The summed E-state index contributed by atoms with van der Waals surface area (Å²) < 4.78 is 5.31. The molecule has 1 saturated heterocycles. The van der Waals surface area contributed by atoms with Crippen LogP contribution in [0.25, 0.3) is 6.08 Å². The first-order chi connectivity index (χ1) is 12.5. The van der Waals surface area contributed by atoms with Crippen LogP contribution in [-0.4, -0.2) is 41.6 Å². The van der Waals surface area contributed by atoms with Crippen molar-refractivity contribution >= 4 is 23.9 Å². The molecule has 0 aromatic heterocycles. The second-order valence-electron chi connectivity index (χ2n) is 6.04. The summed E-state index contributed by atoms with van der Waals surface area (Å²) in [6.45, 7) is 2.21. The van der Waals surface area contributed by atoms with E-state index in [4.69, 9.17) is 9.94 Å². The van der Waals surface area contributed by atoms with Crippen LogP contribution >= 0.6 is 0 Å². The molecule has 4 amide bonds. The van der Waals surface area contributed by atoms with Crippen molar-refractivity contribution in [3.63, 3.8) is 0 Å². The van der Waals surface area contributed by atoms with Gasteiger partial charge in [-0.1, -0.05) is 18.6 Å². The van der Waals surface area contributed by atoms with Crippen molar-refractivity contribution in [3.05, 3.63) is 35.0 Å². The first-order valence-corrected chi connectivity index (χ1v) is 8.38. The van der Waals surface area contributed by atoms with Crippen LogP contribution in [0.3, 0.4) is 0 Å². The van der Waals surface area contributed by atoms with Crippen molar-refractivity contribution in [1.82, 2.24) is 15.7 Å². The lowest BCUT2D eigenvalue weighted by Crippen LogP contribution is -2.31. The lowest BCUT2D eigenvalue weighted by molar-refractivity contribution is -0.129. The van der Waals surface area contributed by atoms with Gasteiger partial charge in [0.25, 0.3) is 5.91 Å². The molecular formula is C18H23N3O5. The fraction of sp³-hybridized carbons (Fsp3) is 0.389. The Hall–Kier alpha value is -2.87. The van der Waals surface area contributed by atoms with E-state index in [9.17, 15) is 14.4 Å². The number of hydroxylamine groups is 1. The molecule has 0 aliphatic carbocycles. The number of rotatable bonds is 8. The molecule has 1 aromatic rings. The number of carbonyl (C=O) groups is 3. The smallest absolute Gasteiger partial charge is 0.329 e. The van der Waals surface area contributed by atoms with E-state index < -0.39 is 11.9 Å². The number of nitrogens with one attached hydrogen (secondary N) is 2. The summed E-state index contributed by atoms with van der Waals surface area (Å²) in [4.78, 5) is 36.5. The molecule has 0 spiro atoms. The summed E-state index contributed by atoms with van der Waals surface area (Å²) in [6, 6.07) is 5.13. The topological polar surface area (TPSA) is 108 Å². The number of methoxy groups -OCH3 is 1. The number of aryl methyl sites for hydroxylation is 1. The Morgan fingerprint density at radius 2 is 2.08 bits per heavy atom. The van der Waals surface area contributed by atoms with E-state index in [2.05, 4.69) is 5.32 Å². The Labute approximate surface area is 151 Å². The highest BCUT2D eigenvalue weighted by molar-refractivity contribution is 6.14. The number of carbonyl (C=O) groups excluding carboxylic acids is 3. The first-order valence-electron chi connectivity index (χ1n) is 8.38. The third-order valence-corrected chi connectivity index (χ3v) is 4.06. The minimum atomic E-state index is -0.458. The highest BCUT2D eigenvalue weighted by Crippen LogP contribution is 2.24. The molecule has 0 saturated carbocycles. The quantitative estimate of drug-likeness (QED) is 0.216. The Kier molecular flexibility index (Phi) is 6.74. The van der Waals surface area contributed by atoms with Gasteiger partial charge in [-0.3, -0.25) is 19.7 Å². The van der Waals surface area contributed by atoms with Crippen molar-refractivity contribution in [3.8, 4) is 5.75 Å². The Morgan fingerprint density at radius 1 is 1.31 bits per heavy atom. The molecule has 8 heteroatoms. The van der Waals surface area contributed by atoms with Gasteiger partial charge in [-0.15, -0.1) is 0 Å². The average Bonchev–Trinajstić information content (AvgIpc) is 2.89. The van der Waals surface area contributed by atoms with Gasteiger partial charge < -0.3 is 10.1 Å². The molecule has 26 heavy (non-hydrogen) atoms. The second kappa shape index (κ2) is 9.00. The number of ether oxygens (including phenoxy) is 1. The summed E-state index contributed by atoms with van der Waals surface area (Å²) >= 11 is 0. The normalized spacial score (nSPS) is 15.3. The number of nitrogens with zero attached hydrogens (tertiary/aromatic N) is 1. The molecule has 3 N–H and O–H groups in total. The molecule has 140 valence electrons. The number of imide groups is 1. The summed E-state index contributed by atoms with van der Waals surface area (Å²) in [5, 5.41) is 11.0. The third kappa shape index (κ3) is 4.82. The number of amides is 4. The van der Waals surface area contributed by atoms with Crippen LogP contribution < -0.4 is 15.5 Å². The lowest BCUT2D eigenvalue weighted by atomic mass is 10.1. The van der Waals surface area contributed by atoms with E-state index in [-0.39, 0.29) is 24.6 Å². The molecule has 1 fully saturated rings. The van der Waals surface area contributed by atoms with Crippen LogP contribution in [0.4, 0.5) is 4.79 Å². The van der Waals surface area contributed by atoms with E-state index in [1.54, 1.807) is 18.7 Å². The minimum Gasteiger partial charge on any atom is -0.496 e. The lowest BCUT2D eigenvalue weighted by Gasteiger charge is -2.11.